The summed E-state index contributed by atoms with van der Waals surface area (Å²) in [5.41, 5.74) is 0. The maximum atomic E-state index is 10.8. The Morgan fingerprint density at radius 1 is 1.53 bits per heavy atom. The molecular weight excluding hydrogens is 262 g/mol. The van der Waals surface area contributed by atoms with Crippen LogP contribution < -0.4 is 4.90 Å². The summed E-state index contributed by atoms with van der Waals surface area (Å²) < 4.78 is 0. The molecule has 0 amide bonds. The fourth-order valence-corrected chi connectivity index (χ4v) is 3.10. The van der Waals surface area contributed by atoms with Crippen LogP contribution in [0.15, 0.2) is 12.4 Å². The van der Waals surface area contributed by atoms with E-state index in [2.05, 4.69) is 27.9 Å². The van der Waals surface area contributed by atoms with Crippen LogP contribution >= 0.6 is 11.3 Å². The summed E-state index contributed by atoms with van der Waals surface area (Å²) in [5, 5.41) is 9.92. The largest absolute Gasteiger partial charge is 0.481 e. The zero-order valence-electron chi connectivity index (χ0n) is 10.7. The number of carboxylic acid groups (broad SMARTS) is 1. The molecule has 0 atom stereocenters. The van der Waals surface area contributed by atoms with Crippen molar-refractivity contribution in [3.05, 3.63) is 17.3 Å². The first kappa shape index (κ1) is 12.3. The number of nitrogens with zero attached hydrogens (tertiary/aromatic N) is 3. The molecule has 1 aliphatic carbocycles. The van der Waals surface area contributed by atoms with Crippen molar-refractivity contribution in [2.75, 3.05) is 11.4 Å². The number of hydrogen-bond donors (Lipinski definition) is 1. The number of aryl methyl sites for hydroxylation is 1. The highest BCUT2D eigenvalue weighted by atomic mass is 32.1. The highest BCUT2D eigenvalue weighted by molar-refractivity contribution is 7.18. The Kier molecular flexibility index (Phi) is 3.10. The minimum absolute atomic E-state index is 0.144. The average molecular weight is 277 g/mol. The summed E-state index contributed by atoms with van der Waals surface area (Å²) in [7, 11) is 0. The normalized spacial score (nSPS) is 14.8. The van der Waals surface area contributed by atoms with E-state index in [1.165, 1.54) is 4.88 Å². The van der Waals surface area contributed by atoms with Crippen LogP contribution in [0, 0.1) is 6.92 Å². The highest BCUT2D eigenvalue weighted by Gasteiger charge is 2.31. The summed E-state index contributed by atoms with van der Waals surface area (Å²) in [6.07, 6.45) is 3.96. The van der Waals surface area contributed by atoms with Crippen LogP contribution in [0.2, 0.25) is 0 Å². The minimum Gasteiger partial charge on any atom is -0.481 e. The molecule has 3 rings (SSSR count). The quantitative estimate of drug-likeness (QED) is 0.909. The van der Waals surface area contributed by atoms with Crippen LogP contribution in [-0.4, -0.2) is 33.6 Å². The fraction of sp³-hybridized carbons (Fsp3) is 0.462. The molecule has 0 saturated heterocycles. The first-order valence-corrected chi connectivity index (χ1v) is 7.16. The molecule has 2 aromatic rings. The van der Waals surface area contributed by atoms with E-state index in [0.717, 1.165) is 28.9 Å². The van der Waals surface area contributed by atoms with Gasteiger partial charge in [-0.25, -0.2) is 9.97 Å². The Balaban J connectivity index is 1.97. The molecule has 6 heteroatoms. The summed E-state index contributed by atoms with van der Waals surface area (Å²) in [6.45, 7) is 2.57. The van der Waals surface area contributed by atoms with Crippen molar-refractivity contribution in [2.45, 2.75) is 32.2 Å². The molecule has 2 heterocycles. The van der Waals surface area contributed by atoms with E-state index in [0.29, 0.717) is 12.6 Å². The van der Waals surface area contributed by atoms with E-state index in [1.807, 2.05) is 0 Å². The SMILES string of the molecule is Cc1cc2c(N(CCC(=O)O)C3CC3)ncnc2s1. The van der Waals surface area contributed by atoms with Crippen molar-refractivity contribution in [1.29, 1.82) is 0 Å². The lowest BCUT2D eigenvalue weighted by atomic mass is 10.3. The van der Waals surface area contributed by atoms with Gasteiger partial charge < -0.3 is 10.0 Å². The summed E-state index contributed by atoms with van der Waals surface area (Å²) in [6, 6.07) is 2.53. The molecule has 0 aliphatic heterocycles. The van der Waals surface area contributed by atoms with Crippen molar-refractivity contribution >= 4 is 33.3 Å². The van der Waals surface area contributed by atoms with Crippen LogP contribution in [0.4, 0.5) is 5.82 Å². The third-order valence-corrected chi connectivity index (χ3v) is 4.22. The van der Waals surface area contributed by atoms with Gasteiger partial charge in [0.05, 0.1) is 11.8 Å². The molecule has 1 fully saturated rings. The lowest BCUT2D eigenvalue weighted by molar-refractivity contribution is -0.136. The Bertz CT molecular complexity index is 621. The predicted octanol–water partition coefficient (Wildman–Crippen LogP) is 2.44. The molecule has 0 aromatic carbocycles. The number of fused-ring (bicyclic) bond motifs is 1. The molecule has 0 unspecified atom stereocenters. The van der Waals surface area contributed by atoms with E-state index in [4.69, 9.17) is 5.11 Å². The highest BCUT2D eigenvalue weighted by Crippen LogP contribution is 2.36. The second-order valence-electron chi connectivity index (χ2n) is 4.84. The van der Waals surface area contributed by atoms with E-state index < -0.39 is 5.97 Å². The molecule has 0 radical (unpaired) electrons. The number of hydrogen-bond acceptors (Lipinski definition) is 5. The number of carbonyl (C=O) groups is 1. The molecule has 1 N–H and O–H groups in total. The van der Waals surface area contributed by atoms with Crippen LogP contribution in [0.5, 0.6) is 0 Å². The number of anilines is 1. The number of thiophene rings is 1. The Labute approximate surface area is 114 Å². The fourth-order valence-electron chi connectivity index (χ4n) is 2.26. The van der Waals surface area contributed by atoms with E-state index in [1.54, 1.807) is 17.7 Å². The van der Waals surface area contributed by atoms with E-state index >= 15 is 0 Å². The van der Waals surface area contributed by atoms with Gasteiger partial charge in [0.25, 0.3) is 0 Å². The number of aliphatic carboxylic acids is 1. The van der Waals surface area contributed by atoms with Crippen molar-refractivity contribution in [1.82, 2.24) is 9.97 Å². The lowest BCUT2D eigenvalue weighted by Gasteiger charge is -2.23. The third-order valence-electron chi connectivity index (χ3n) is 3.26. The van der Waals surface area contributed by atoms with Gasteiger partial charge in [0.1, 0.15) is 17.0 Å². The molecule has 2 aromatic heterocycles. The third kappa shape index (κ3) is 2.53. The van der Waals surface area contributed by atoms with Gasteiger partial charge in [-0.2, -0.15) is 0 Å². The van der Waals surface area contributed by atoms with Crippen LogP contribution in [0.1, 0.15) is 24.1 Å². The summed E-state index contributed by atoms with van der Waals surface area (Å²) in [5.74, 6) is 0.121. The van der Waals surface area contributed by atoms with E-state index in [9.17, 15) is 4.79 Å². The zero-order valence-corrected chi connectivity index (χ0v) is 11.5. The first-order valence-electron chi connectivity index (χ1n) is 6.35. The van der Waals surface area contributed by atoms with Gasteiger partial charge in [-0.1, -0.05) is 0 Å². The van der Waals surface area contributed by atoms with Gasteiger partial charge in [-0.05, 0) is 25.8 Å². The van der Waals surface area contributed by atoms with Gasteiger partial charge in [0.15, 0.2) is 0 Å². The van der Waals surface area contributed by atoms with Gasteiger partial charge >= 0.3 is 5.97 Å². The lowest BCUT2D eigenvalue weighted by Crippen LogP contribution is -2.29. The molecule has 0 bridgehead atoms. The number of aromatic nitrogens is 2. The first-order chi connectivity index (χ1) is 9.15. The Morgan fingerprint density at radius 2 is 2.32 bits per heavy atom. The average Bonchev–Trinajstić information content (AvgIpc) is 3.10. The van der Waals surface area contributed by atoms with Gasteiger partial charge in [-0.3, -0.25) is 4.79 Å². The summed E-state index contributed by atoms with van der Waals surface area (Å²) in [4.78, 5) is 23.8. The molecule has 19 heavy (non-hydrogen) atoms. The smallest absolute Gasteiger partial charge is 0.305 e. The molecule has 0 spiro atoms. The monoisotopic (exact) mass is 277 g/mol. The van der Waals surface area contributed by atoms with Crippen LogP contribution in [-0.2, 0) is 4.79 Å². The number of rotatable bonds is 5. The van der Waals surface area contributed by atoms with Crippen molar-refractivity contribution in [2.24, 2.45) is 0 Å². The minimum atomic E-state index is -0.766. The summed E-state index contributed by atoms with van der Waals surface area (Å²) >= 11 is 1.65. The second-order valence-corrected chi connectivity index (χ2v) is 6.08. The zero-order chi connectivity index (χ0) is 13.4. The molecule has 5 nitrogen and oxygen atoms in total. The Hall–Kier alpha value is -1.69. The van der Waals surface area contributed by atoms with Crippen molar-refractivity contribution < 1.29 is 9.90 Å². The number of carboxylic acids is 1. The molecular formula is C13H15N3O2S. The van der Waals surface area contributed by atoms with Gasteiger partial charge in [0.2, 0.25) is 0 Å². The predicted molar refractivity (Wildman–Crippen MR) is 74.8 cm³/mol. The van der Waals surface area contributed by atoms with Crippen LogP contribution in [0.3, 0.4) is 0 Å². The van der Waals surface area contributed by atoms with Gasteiger partial charge in [0, 0.05) is 17.5 Å². The maximum Gasteiger partial charge on any atom is 0.305 e. The van der Waals surface area contributed by atoms with E-state index in [-0.39, 0.29) is 6.42 Å². The van der Waals surface area contributed by atoms with Crippen molar-refractivity contribution in [3.8, 4) is 0 Å². The molecule has 1 aliphatic rings. The topological polar surface area (TPSA) is 66.3 Å². The Morgan fingerprint density at radius 3 is 3.00 bits per heavy atom. The van der Waals surface area contributed by atoms with Crippen LogP contribution in [0.25, 0.3) is 10.2 Å². The van der Waals surface area contributed by atoms with Gasteiger partial charge in [-0.15, -0.1) is 11.3 Å². The van der Waals surface area contributed by atoms with Crippen molar-refractivity contribution in [3.63, 3.8) is 0 Å². The molecule has 100 valence electrons. The second kappa shape index (κ2) is 4.77. The standard InChI is InChI=1S/C13H15N3O2S/c1-8-6-10-12(14-7-15-13(10)19-8)16(9-2-3-9)5-4-11(17)18/h6-7,9H,2-5H2,1H3,(H,17,18). The molecule has 1 saturated carbocycles. The maximum absolute atomic E-state index is 10.8.